The smallest absolute Gasteiger partial charge is 0.321 e. The molecule has 0 spiro atoms. The third kappa shape index (κ3) is 6.36. The SMILES string of the molecule is CCCNC(=O)NC(=O)CSc1nnc(-c2ccc(C)cc2)c(-c2ccc(C)cc2)n1. The molecule has 0 aliphatic heterocycles. The Hall–Kier alpha value is -3.26. The van der Waals surface area contributed by atoms with Gasteiger partial charge in [0.05, 0.1) is 5.75 Å². The fourth-order valence-electron chi connectivity index (χ4n) is 2.77. The summed E-state index contributed by atoms with van der Waals surface area (Å²) in [7, 11) is 0. The minimum Gasteiger partial charge on any atom is -0.338 e. The number of aryl methyl sites for hydroxylation is 2. The third-order valence-corrected chi connectivity index (χ3v) is 5.28. The van der Waals surface area contributed by atoms with Crippen LogP contribution in [0.5, 0.6) is 0 Å². The van der Waals surface area contributed by atoms with Gasteiger partial charge in [0.2, 0.25) is 11.1 Å². The average Bonchev–Trinajstić information content (AvgIpc) is 2.77. The molecule has 2 aromatic carbocycles. The van der Waals surface area contributed by atoms with Crippen LogP contribution < -0.4 is 10.6 Å². The minimum atomic E-state index is -0.499. The fourth-order valence-corrected chi connectivity index (χ4v) is 3.35. The highest BCUT2D eigenvalue weighted by Crippen LogP contribution is 2.30. The summed E-state index contributed by atoms with van der Waals surface area (Å²) in [5.74, 6) is -0.403. The van der Waals surface area contributed by atoms with Crippen molar-refractivity contribution in [1.82, 2.24) is 25.8 Å². The first-order valence-electron chi connectivity index (χ1n) is 10.1. The number of urea groups is 1. The Bertz CT molecular complexity index is 1050. The molecule has 0 aliphatic rings. The summed E-state index contributed by atoms with van der Waals surface area (Å²) in [4.78, 5) is 28.3. The van der Waals surface area contributed by atoms with E-state index in [1.807, 2.05) is 69.3 Å². The normalized spacial score (nSPS) is 10.5. The summed E-state index contributed by atoms with van der Waals surface area (Å²) in [5, 5.41) is 13.9. The van der Waals surface area contributed by atoms with Gasteiger partial charge in [-0.3, -0.25) is 10.1 Å². The van der Waals surface area contributed by atoms with Gasteiger partial charge in [0.25, 0.3) is 0 Å². The van der Waals surface area contributed by atoms with E-state index >= 15 is 0 Å². The van der Waals surface area contributed by atoms with Crippen LogP contribution in [0, 0.1) is 13.8 Å². The maximum atomic E-state index is 12.0. The molecular formula is C23H25N5O2S. The number of benzene rings is 2. The lowest BCUT2D eigenvalue weighted by Gasteiger charge is -2.10. The molecule has 3 rings (SSSR count). The maximum Gasteiger partial charge on any atom is 0.321 e. The minimum absolute atomic E-state index is 0.0123. The lowest BCUT2D eigenvalue weighted by Crippen LogP contribution is -2.40. The first-order chi connectivity index (χ1) is 15.0. The van der Waals surface area contributed by atoms with Crippen molar-refractivity contribution in [2.24, 2.45) is 0 Å². The molecule has 0 unspecified atom stereocenters. The number of hydrogen-bond donors (Lipinski definition) is 2. The molecule has 0 fully saturated rings. The van der Waals surface area contributed by atoms with E-state index in [0.29, 0.717) is 23.1 Å². The third-order valence-electron chi connectivity index (χ3n) is 4.44. The van der Waals surface area contributed by atoms with Crippen LogP contribution in [0.4, 0.5) is 4.79 Å². The first kappa shape index (κ1) is 22.4. The van der Waals surface area contributed by atoms with Crippen LogP contribution >= 0.6 is 11.8 Å². The van der Waals surface area contributed by atoms with E-state index in [2.05, 4.69) is 25.8 Å². The van der Waals surface area contributed by atoms with Crippen molar-refractivity contribution >= 4 is 23.7 Å². The molecule has 0 radical (unpaired) electrons. The first-order valence-corrected chi connectivity index (χ1v) is 11.0. The van der Waals surface area contributed by atoms with E-state index in [9.17, 15) is 9.59 Å². The van der Waals surface area contributed by atoms with Crippen molar-refractivity contribution in [2.45, 2.75) is 32.3 Å². The van der Waals surface area contributed by atoms with E-state index in [4.69, 9.17) is 0 Å². The predicted octanol–water partition coefficient (Wildman–Crippen LogP) is 4.15. The average molecular weight is 436 g/mol. The highest BCUT2D eigenvalue weighted by molar-refractivity contribution is 7.99. The molecule has 0 saturated carbocycles. The molecule has 2 N–H and O–H groups in total. The lowest BCUT2D eigenvalue weighted by atomic mass is 10.0. The highest BCUT2D eigenvalue weighted by atomic mass is 32.2. The van der Waals surface area contributed by atoms with Gasteiger partial charge < -0.3 is 5.32 Å². The van der Waals surface area contributed by atoms with Crippen LogP contribution in [0.2, 0.25) is 0 Å². The van der Waals surface area contributed by atoms with Gasteiger partial charge in [-0.15, -0.1) is 10.2 Å². The Morgan fingerprint density at radius 1 is 0.871 bits per heavy atom. The summed E-state index contributed by atoms with van der Waals surface area (Å²) in [6.45, 7) is 6.51. The maximum absolute atomic E-state index is 12.0. The standard InChI is InChI=1S/C23H25N5O2S/c1-4-13-24-22(30)25-19(29)14-31-23-26-20(17-9-5-15(2)6-10-17)21(27-28-23)18-11-7-16(3)8-12-18/h5-12H,4,13-14H2,1-3H3,(H2,24,25,29,30). The number of thioether (sulfide) groups is 1. The summed E-state index contributed by atoms with van der Waals surface area (Å²) < 4.78 is 0. The van der Waals surface area contributed by atoms with Crippen LogP contribution in [-0.2, 0) is 4.79 Å². The Kier molecular flexibility index (Phi) is 7.72. The number of carbonyl (C=O) groups excluding carboxylic acids is 2. The Balaban J connectivity index is 1.82. The van der Waals surface area contributed by atoms with Crippen molar-refractivity contribution in [3.63, 3.8) is 0 Å². The van der Waals surface area contributed by atoms with E-state index in [0.717, 1.165) is 40.4 Å². The van der Waals surface area contributed by atoms with Gasteiger partial charge in [0.15, 0.2) is 0 Å². The van der Waals surface area contributed by atoms with Crippen LogP contribution in [0.1, 0.15) is 24.5 Å². The number of nitrogens with zero attached hydrogens (tertiary/aromatic N) is 3. The second-order valence-corrected chi connectivity index (χ2v) is 8.06. The van der Waals surface area contributed by atoms with Crippen LogP contribution in [0.15, 0.2) is 53.7 Å². The number of imide groups is 1. The van der Waals surface area contributed by atoms with Gasteiger partial charge in [-0.2, -0.15) is 0 Å². The predicted molar refractivity (Wildman–Crippen MR) is 123 cm³/mol. The van der Waals surface area contributed by atoms with Crippen molar-refractivity contribution in [3.05, 3.63) is 59.7 Å². The molecular weight excluding hydrogens is 410 g/mol. The molecule has 0 aliphatic carbocycles. The summed E-state index contributed by atoms with van der Waals surface area (Å²) in [6.07, 6.45) is 0.797. The number of amides is 3. The molecule has 31 heavy (non-hydrogen) atoms. The van der Waals surface area contributed by atoms with Gasteiger partial charge in [-0.1, -0.05) is 78.3 Å². The molecule has 1 aromatic heterocycles. The highest BCUT2D eigenvalue weighted by Gasteiger charge is 2.15. The van der Waals surface area contributed by atoms with Gasteiger partial charge in [-0.25, -0.2) is 9.78 Å². The molecule has 0 saturated heterocycles. The van der Waals surface area contributed by atoms with Crippen LogP contribution in [0.25, 0.3) is 22.5 Å². The van der Waals surface area contributed by atoms with E-state index < -0.39 is 11.9 Å². The van der Waals surface area contributed by atoms with Gasteiger partial charge in [0.1, 0.15) is 11.4 Å². The summed E-state index contributed by atoms with van der Waals surface area (Å²) in [6, 6.07) is 15.6. The second kappa shape index (κ2) is 10.7. The molecule has 1 heterocycles. The van der Waals surface area contributed by atoms with Crippen molar-refractivity contribution in [1.29, 1.82) is 0 Å². The molecule has 0 bridgehead atoms. The van der Waals surface area contributed by atoms with Gasteiger partial charge in [0, 0.05) is 17.7 Å². The number of carbonyl (C=O) groups is 2. The number of hydrogen-bond acceptors (Lipinski definition) is 6. The van der Waals surface area contributed by atoms with Crippen molar-refractivity contribution < 1.29 is 9.59 Å². The second-order valence-electron chi connectivity index (χ2n) is 7.12. The Morgan fingerprint density at radius 2 is 1.45 bits per heavy atom. The van der Waals surface area contributed by atoms with E-state index in [-0.39, 0.29) is 5.75 Å². The fraction of sp³-hybridized carbons (Fsp3) is 0.261. The zero-order valence-electron chi connectivity index (χ0n) is 17.8. The summed E-state index contributed by atoms with van der Waals surface area (Å²) in [5.41, 5.74) is 5.52. The zero-order valence-corrected chi connectivity index (χ0v) is 18.6. The number of nitrogens with one attached hydrogen (secondary N) is 2. The van der Waals surface area contributed by atoms with Crippen LogP contribution in [0.3, 0.4) is 0 Å². The quantitative estimate of drug-likeness (QED) is 0.541. The summed E-state index contributed by atoms with van der Waals surface area (Å²) >= 11 is 1.14. The Labute approximate surface area is 186 Å². The van der Waals surface area contributed by atoms with Crippen LogP contribution in [-0.4, -0.2) is 39.4 Å². The van der Waals surface area contributed by atoms with E-state index in [1.54, 1.807) is 0 Å². The Morgan fingerprint density at radius 3 is 2.03 bits per heavy atom. The molecule has 7 nitrogen and oxygen atoms in total. The van der Waals surface area contributed by atoms with Crippen molar-refractivity contribution in [3.8, 4) is 22.5 Å². The van der Waals surface area contributed by atoms with Gasteiger partial charge in [-0.05, 0) is 20.3 Å². The lowest BCUT2D eigenvalue weighted by molar-refractivity contribution is -0.117. The van der Waals surface area contributed by atoms with Gasteiger partial charge >= 0.3 is 6.03 Å². The molecule has 8 heteroatoms. The topological polar surface area (TPSA) is 96.9 Å². The molecule has 160 valence electrons. The number of rotatable bonds is 7. The zero-order chi connectivity index (χ0) is 22.2. The number of aromatic nitrogens is 3. The monoisotopic (exact) mass is 435 g/mol. The molecule has 0 atom stereocenters. The van der Waals surface area contributed by atoms with E-state index in [1.165, 1.54) is 0 Å². The molecule has 3 amide bonds. The van der Waals surface area contributed by atoms with Crippen molar-refractivity contribution in [2.75, 3.05) is 12.3 Å². The molecule has 3 aromatic rings. The largest absolute Gasteiger partial charge is 0.338 e.